The van der Waals surface area contributed by atoms with E-state index in [9.17, 15) is 9.59 Å². The molecule has 0 aliphatic heterocycles. The second-order valence-electron chi connectivity index (χ2n) is 8.48. The average Bonchev–Trinajstić information content (AvgIpc) is 3.25. The van der Waals surface area contributed by atoms with E-state index in [0.717, 1.165) is 59.8 Å². The summed E-state index contributed by atoms with van der Waals surface area (Å²) in [5.74, 6) is -0.653. The fourth-order valence-electron chi connectivity index (χ4n) is 4.56. The lowest BCUT2D eigenvalue weighted by Crippen LogP contribution is -2.16. The average molecular weight is 471 g/mol. The molecule has 0 atom stereocenters. The first-order chi connectivity index (χ1) is 16.6. The molecule has 5 rings (SSSR count). The Balaban J connectivity index is 1.57. The van der Waals surface area contributed by atoms with Gasteiger partial charge in [-0.3, -0.25) is 4.79 Å². The highest BCUT2D eigenvalue weighted by Crippen LogP contribution is 2.39. The van der Waals surface area contributed by atoms with Crippen LogP contribution in [-0.4, -0.2) is 24.0 Å². The number of fused-ring (bicyclic) bond motifs is 2. The van der Waals surface area contributed by atoms with Crippen molar-refractivity contribution in [1.82, 2.24) is 4.98 Å². The van der Waals surface area contributed by atoms with Crippen molar-refractivity contribution in [2.45, 2.75) is 39.0 Å². The minimum Gasteiger partial charge on any atom is -0.465 e. The number of esters is 1. The summed E-state index contributed by atoms with van der Waals surface area (Å²) in [6.45, 7) is 2.12. The van der Waals surface area contributed by atoms with Crippen LogP contribution in [-0.2, 0) is 24.0 Å². The SMILES string of the molecule is CCc1ccc(-c2cc(C(=O)Nc3sc4c(c3C(=O)OC)CCCC4)c3ccccc3n2)cc1. The molecule has 1 N–H and O–H groups in total. The van der Waals surface area contributed by atoms with Gasteiger partial charge in [-0.1, -0.05) is 49.4 Å². The normalized spacial score (nSPS) is 12.9. The standard InChI is InChI=1S/C28H26N2O3S/c1-3-17-12-14-18(15-13-17)23-16-21(19-8-4-6-10-22(19)29-23)26(31)30-27-25(28(32)33-2)20-9-5-7-11-24(20)34-27/h4,6,8,10,12-16H,3,5,7,9,11H2,1-2H3,(H,30,31). The van der Waals surface area contributed by atoms with E-state index < -0.39 is 5.97 Å². The van der Waals surface area contributed by atoms with E-state index in [2.05, 4.69) is 24.4 Å². The number of thiophene rings is 1. The van der Waals surface area contributed by atoms with Crippen LogP contribution >= 0.6 is 11.3 Å². The Bertz CT molecular complexity index is 1390. The Kier molecular flexibility index (Phi) is 6.16. The smallest absolute Gasteiger partial charge is 0.341 e. The van der Waals surface area contributed by atoms with E-state index in [4.69, 9.17) is 9.72 Å². The zero-order valence-corrected chi connectivity index (χ0v) is 20.1. The lowest BCUT2D eigenvalue weighted by atomic mass is 9.95. The molecule has 0 saturated carbocycles. The summed E-state index contributed by atoms with van der Waals surface area (Å²) in [5.41, 5.74) is 5.76. The third-order valence-electron chi connectivity index (χ3n) is 6.41. The lowest BCUT2D eigenvalue weighted by Gasteiger charge is -2.12. The van der Waals surface area contributed by atoms with Crippen molar-refractivity contribution in [3.63, 3.8) is 0 Å². The van der Waals surface area contributed by atoms with Gasteiger partial charge >= 0.3 is 5.97 Å². The maximum Gasteiger partial charge on any atom is 0.341 e. The molecule has 0 spiro atoms. The zero-order valence-electron chi connectivity index (χ0n) is 19.3. The first kappa shape index (κ1) is 22.3. The molecule has 6 heteroatoms. The second kappa shape index (κ2) is 9.39. The lowest BCUT2D eigenvalue weighted by molar-refractivity contribution is 0.0601. The molecular formula is C28H26N2O3S. The number of carbonyl (C=O) groups excluding carboxylic acids is 2. The molecule has 34 heavy (non-hydrogen) atoms. The van der Waals surface area contributed by atoms with Gasteiger partial charge in [-0.25, -0.2) is 9.78 Å². The van der Waals surface area contributed by atoms with Gasteiger partial charge in [0.25, 0.3) is 5.91 Å². The Morgan fingerprint density at radius 2 is 1.82 bits per heavy atom. The van der Waals surface area contributed by atoms with Crippen molar-refractivity contribution in [2.75, 3.05) is 12.4 Å². The number of anilines is 1. The van der Waals surface area contributed by atoms with Crippen molar-refractivity contribution in [3.8, 4) is 11.3 Å². The number of rotatable bonds is 5. The van der Waals surface area contributed by atoms with Crippen LogP contribution in [0.25, 0.3) is 22.2 Å². The van der Waals surface area contributed by atoms with Crippen LogP contribution in [0, 0.1) is 0 Å². The number of amides is 1. The minimum absolute atomic E-state index is 0.256. The van der Waals surface area contributed by atoms with Gasteiger partial charge in [0.1, 0.15) is 5.00 Å². The summed E-state index contributed by atoms with van der Waals surface area (Å²) in [6.07, 6.45) is 4.86. The first-order valence-corrected chi connectivity index (χ1v) is 12.4. The minimum atomic E-state index is -0.397. The Morgan fingerprint density at radius 3 is 2.59 bits per heavy atom. The highest BCUT2D eigenvalue weighted by atomic mass is 32.1. The molecule has 1 aliphatic carbocycles. The van der Waals surface area contributed by atoms with E-state index in [1.165, 1.54) is 28.9 Å². The number of aryl methyl sites for hydroxylation is 2. The van der Waals surface area contributed by atoms with E-state index >= 15 is 0 Å². The fourth-order valence-corrected chi connectivity index (χ4v) is 5.84. The van der Waals surface area contributed by atoms with Crippen LogP contribution in [0.1, 0.15) is 56.5 Å². The fraction of sp³-hybridized carbons (Fsp3) is 0.250. The quantitative estimate of drug-likeness (QED) is 0.341. The van der Waals surface area contributed by atoms with Gasteiger partial charge in [-0.05, 0) is 55.4 Å². The van der Waals surface area contributed by atoms with Crippen molar-refractivity contribution >= 4 is 39.1 Å². The molecule has 0 bridgehead atoms. The van der Waals surface area contributed by atoms with Crippen LogP contribution in [0.15, 0.2) is 54.6 Å². The van der Waals surface area contributed by atoms with Gasteiger partial charge in [0.2, 0.25) is 0 Å². The van der Waals surface area contributed by atoms with Crippen molar-refractivity contribution in [3.05, 3.63) is 81.7 Å². The second-order valence-corrected chi connectivity index (χ2v) is 9.59. The van der Waals surface area contributed by atoms with Gasteiger partial charge < -0.3 is 10.1 Å². The van der Waals surface area contributed by atoms with E-state index in [1.807, 2.05) is 42.5 Å². The largest absolute Gasteiger partial charge is 0.465 e. The monoisotopic (exact) mass is 470 g/mol. The first-order valence-electron chi connectivity index (χ1n) is 11.6. The summed E-state index contributed by atoms with van der Waals surface area (Å²) in [4.78, 5) is 32.2. The van der Waals surface area contributed by atoms with E-state index in [1.54, 1.807) is 0 Å². The number of nitrogens with zero attached hydrogens (tertiary/aromatic N) is 1. The molecule has 0 radical (unpaired) electrons. The molecule has 2 aromatic heterocycles. The number of hydrogen-bond donors (Lipinski definition) is 1. The van der Waals surface area contributed by atoms with Gasteiger partial charge in [-0.15, -0.1) is 11.3 Å². The highest BCUT2D eigenvalue weighted by molar-refractivity contribution is 7.17. The molecular weight excluding hydrogens is 444 g/mol. The number of methoxy groups -OCH3 is 1. The molecule has 172 valence electrons. The van der Waals surface area contributed by atoms with Gasteiger partial charge in [0, 0.05) is 15.8 Å². The molecule has 1 amide bonds. The number of pyridine rings is 1. The predicted molar refractivity (Wildman–Crippen MR) is 137 cm³/mol. The van der Waals surface area contributed by atoms with Crippen LogP contribution in [0.5, 0.6) is 0 Å². The van der Waals surface area contributed by atoms with Crippen molar-refractivity contribution in [1.29, 1.82) is 0 Å². The van der Waals surface area contributed by atoms with Gasteiger partial charge in [0.15, 0.2) is 0 Å². The molecule has 0 saturated heterocycles. The number of carbonyl (C=O) groups is 2. The number of para-hydroxylation sites is 1. The molecule has 0 fully saturated rings. The Morgan fingerprint density at radius 1 is 1.06 bits per heavy atom. The predicted octanol–water partition coefficient (Wildman–Crippen LogP) is 6.44. The number of benzene rings is 2. The Hall–Kier alpha value is -3.51. The summed E-state index contributed by atoms with van der Waals surface area (Å²) in [5, 5.41) is 4.38. The van der Waals surface area contributed by atoms with Crippen LogP contribution in [0.3, 0.4) is 0 Å². The number of aromatic nitrogens is 1. The van der Waals surface area contributed by atoms with Gasteiger partial charge in [0.05, 0.1) is 29.4 Å². The number of ether oxygens (including phenoxy) is 1. The summed E-state index contributed by atoms with van der Waals surface area (Å²) < 4.78 is 5.06. The summed E-state index contributed by atoms with van der Waals surface area (Å²) >= 11 is 1.49. The topological polar surface area (TPSA) is 68.3 Å². The maximum atomic E-state index is 13.6. The van der Waals surface area contributed by atoms with Gasteiger partial charge in [-0.2, -0.15) is 0 Å². The van der Waals surface area contributed by atoms with Crippen LogP contribution in [0.4, 0.5) is 5.00 Å². The van der Waals surface area contributed by atoms with Crippen molar-refractivity contribution in [2.24, 2.45) is 0 Å². The maximum absolute atomic E-state index is 13.6. The summed E-state index contributed by atoms with van der Waals surface area (Å²) in [6, 6.07) is 17.7. The molecule has 1 aliphatic rings. The number of nitrogens with one attached hydrogen (secondary N) is 1. The molecule has 4 aromatic rings. The van der Waals surface area contributed by atoms with Crippen LogP contribution in [0.2, 0.25) is 0 Å². The Labute approximate surface area is 202 Å². The molecule has 2 aromatic carbocycles. The highest BCUT2D eigenvalue weighted by Gasteiger charge is 2.27. The van der Waals surface area contributed by atoms with E-state index in [0.29, 0.717) is 16.1 Å². The van der Waals surface area contributed by atoms with Crippen LogP contribution < -0.4 is 5.32 Å². The molecule has 2 heterocycles. The zero-order chi connectivity index (χ0) is 23.7. The number of hydrogen-bond acceptors (Lipinski definition) is 5. The van der Waals surface area contributed by atoms with E-state index in [-0.39, 0.29) is 5.91 Å². The molecule has 0 unspecified atom stereocenters. The summed E-state index contributed by atoms with van der Waals surface area (Å²) in [7, 11) is 1.38. The third kappa shape index (κ3) is 4.10. The van der Waals surface area contributed by atoms with Crippen molar-refractivity contribution < 1.29 is 14.3 Å². The molecule has 5 nitrogen and oxygen atoms in total. The third-order valence-corrected chi connectivity index (χ3v) is 7.61.